The summed E-state index contributed by atoms with van der Waals surface area (Å²) >= 11 is 0. The summed E-state index contributed by atoms with van der Waals surface area (Å²) in [6.07, 6.45) is 1.70. The highest BCUT2D eigenvalue weighted by Crippen LogP contribution is 2.30. The minimum absolute atomic E-state index is 0.00143. The van der Waals surface area contributed by atoms with Crippen LogP contribution in [0, 0.1) is 6.92 Å². The predicted octanol–water partition coefficient (Wildman–Crippen LogP) is 0.736. The number of fused-ring (bicyclic) bond motifs is 1. The standard InChI is InChI=1S/C12H15N3O4/c1-7-9-10(19-5-3-4-16)8(12(17)18)6-13-11(9)15(2)14-7/h6,16H,3-5H2,1-2H3,(H,17,18). The van der Waals surface area contributed by atoms with Crippen LogP contribution in [-0.4, -0.2) is 44.2 Å². The fraction of sp³-hybridized carbons (Fsp3) is 0.417. The van der Waals surface area contributed by atoms with Crippen LogP contribution in [0.1, 0.15) is 22.5 Å². The average Bonchev–Trinajstić information content (AvgIpc) is 2.65. The largest absolute Gasteiger partial charge is 0.492 e. The molecular formula is C12H15N3O4. The number of carboxylic acid groups (broad SMARTS) is 1. The summed E-state index contributed by atoms with van der Waals surface area (Å²) in [5.74, 6) is -0.840. The third-order valence-electron chi connectivity index (χ3n) is 2.76. The van der Waals surface area contributed by atoms with Gasteiger partial charge < -0.3 is 14.9 Å². The van der Waals surface area contributed by atoms with Gasteiger partial charge in [0.25, 0.3) is 0 Å². The molecule has 0 spiro atoms. The molecule has 0 unspecified atom stereocenters. The Kier molecular flexibility index (Phi) is 3.66. The van der Waals surface area contributed by atoms with Crippen molar-refractivity contribution in [2.75, 3.05) is 13.2 Å². The number of hydrogen-bond donors (Lipinski definition) is 2. The van der Waals surface area contributed by atoms with Crippen molar-refractivity contribution < 1.29 is 19.7 Å². The molecule has 0 atom stereocenters. The van der Waals surface area contributed by atoms with Crippen LogP contribution in [0.2, 0.25) is 0 Å². The van der Waals surface area contributed by atoms with Gasteiger partial charge in [-0.15, -0.1) is 0 Å². The van der Waals surface area contributed by atoms with Crippen molar-refractivity contribution in [1.82, 2.24) is 14.8 Å². The lowest BCUT2D eigenvalue weighted by molar-refractivity contribution is 0.0692. The quantitative estimate of drug-likeness (QED) is 0.774. The molecule has 0 aromatic carbocycles. The number of aromatic nitrogens is 3. The number of pyridine rings is 1. The number of aryl methyl sites for hydroxylation is 2. The molecule has 0 radical (unpaired) electrons. The third-order valence-corrected chi connectivity index (χ3v) is 2.76. The summed E-state index contributed by atoms with van der Waals surface area (Å²) in [6, 6.07) is 0. The Morgan fingerprint density at radius 1 is 1.53 bits per heavy atom. The predicted molar refractivity (Wildman–Crippen MR) is 67.4 cm³/mol. The number of hydrogen-bond acceptors (Lipinski definition) is 5. The first-order valence-electron chi connectivity index (χ1n) is 5.85. The molecule has 19 heavy (non-hydrogen) atoms. The van der Waals surface area contributed by atoms with Crippen LogP contribution in [0.4, 0.5) is 0 Å². The van der Waals surface area contributed by atoms with E-state index in [1.54, 1.807) is 18.7 Å². The molecule has 7 nitrogen and oxygen atoms in total. The number of carbonyl (C=O) groups is 1. The molecule has 2 heterocycles. The van der Waals surface area contributed by atoms with Crippen molar-refractivity contribution in [2.45, 2.75) is 13.3 Å². The number of aliphatic hydroxyl groups is 1. The summed E-state index contributed by atoms with van der Waals surface area (Å²) < 4.78 is 7.09. The summed E-state index contributed by atoms with van der Waals surface area (Å²) in [7, 11) is 1.74. The Morgan fingerprint density at radius 2 is 2.26 bits per heavy atom. The zero-order valence-corrected chi connectivity index (χ0v) is 10.8. The van der Waals surface area contributed by atoms with Crippen molar-refractivity contribution >= 4 is 17.0 Å². The Bertz CT molecular complexity index is 621. The van der Waals surface area contributed by atoms with Crippen LogP contribution in [-0.2, 0) is 7.05 Å². The van der Waals surface area contributed by atoms with E-state index < -0.39 is 5.97 Å². The Balaban J connectivity index is 2.58. The third kappa shape index (κ3) is 2.37. The van der Waals surface area contributed by atoms with Crippen LogP contribution < -0.4 is 4.74 Å². The van der Waals surface area contributed by atoms with E-state index in [1.807, 2.05) is 0 Å². The number of nitrogens with zero attached hydrogens (tertiary/aromatic N) is 3. The zero-order valence-electron chi connectivity index (χ0n) is 10.8. The first kappa shape index (κ1) is 13.3. The summed E-state index contributed by atoms with van der Waals surface area (Å²) in [4.78, 5) is 15.3. The Morgan fingerprint density at radius 3 is 2.89 bits per heavy atom. The second kappa shape index (κ2) is 5.23. The lowest BCUT2D eigenvalue weighted by Crippen LogP contribution is -2.07. The minimum atomic E-state index is -1.10. The second-order valence-corrected chi connectivity index (χ2v) is 4.14. The van der Waals surface area contributed by atoms with Gasteiger partial charge in [0.1, 0.15) is 11.3 Å². The van der Waals surface area contributed by atoms with E-state index in [9.17, 15) is 9.90 Å². The molecule has 0 saturated heterocycles. The van der Waals surface area contributed by atoms with Gasteiger partial charge in [-0.25, -0.2) is 9.78 Å². The molecule has 0 amide bonds. The highest BCUT2D eigenvalue weighted by molar-refractivity contribution is 5.98. The maximum atomic E-state index is 11.2. The van der Waals surface area contributed by atoms with Crippen molar-refractivity contribution in [3.05, 3.63) is 17.5 Å². The summed E-state index contributed by atoms with van der Waals surface area (Å²) in [5, 5.41) is 22.8. The lowest BCUT2D eigenvalue weighted by atomic mass is 10.1. The van der Waals surface area contributed by atoms with Gasteiger partial charge in [-0.3, -0.25) is 4.68 Å². The van der Waals surface area contributed by atoms with Gasteiger partial charge in [0.05, 0.1) is 17.7 Å². The molecule has 0 bridgehead atoms. The molecule has 0 fully saturated rings. The van der Waals surface area contributed by atoms with Gasteiger partial charge in [-0.2, -0.15) is 5.10 Å². The minimum Gasteiger partial charge on any atom is -0.492 e. The summed E-state index contributed by atoms with van der Waals surface area (Å²) in [6.45, 7) is 2.00. The molecule has 2 aromatic heterocycles. The number of aliphatic hydroxyl groups excluding tert-OH is 1. The van der Waals surface area contributed by atoms with Crippen molar-refractivity contribution in [2.24, 2.45) is 7.05 Å². The number of carboxylic acids is 1. The topological polar surface area (TPSA) is 97.5 Å². The normalized spacial score (nSPS) is 10.9. The van der Waals surface area contributed by atoms with Crippen LogP contribution in [0.25, 0.3) is 11.0 Å². The van der Waals surface area contributed by atoms with Crippen molar-refractivity contribution in [1.29, 1.82) is 0 Å². The first-order valence-corrected chi connectivity index (χ1v) is 5.85. The molecule has 0 aliphatic rings. The van der Waals surface area contributed by atoms with Gasteiger partial charge in [0.2, 0.25) is 0 Å². The Labute approximate surface area is 109 Å². The van der Waals surface area contributed by atoms with Crippen molar-refractivity contribution in [3.63, 3.8) is 0 Å². The monoisotopic (exact) mass is 265 g/mol. The zero-order chi connectivity index (χ0) is 14.0. The van der Waals surface area contributed by atoms with Gasteiger partial charge in [0, 0.05) is 26.3 Å². The van der Waals surface area contributed by atoms with Gasteiger partial charge >= 0.3 is 5.97 Å². The molecule has 7 heteroatoms. The lowest BCUT2D eigenvalue weighted by Gasteiger charge is -2.10. The SMILES string of the molecule is Cc1nn(C)c2ncc(C(=O)O)c(OCCCO)c12. The molecule has 2 aromatic rings. The fourth-order valence-electron chi connectivity index (χ4n) is 1.92. The smallest absolute Gasteiger partial charge is 0.341 e. The first-order chi connectivity index (χ1) is 9.06. The molecule has 2 rings (SSSR count). The Hall–Kier alpha value is -2.15. The van der Waals surface area contributed by atoms with Crippen LogP contribution in [0.3, 0.4) is 0 Å². The number of ether oxygens (including phenoxy) is 1. The molecule has 102 valence electrons. The molecule has 0 aliphatic heterocycles. The maximum Gasteiger partial charge on any atom is 0.341 e. The van der Waals surface area contributed by atoms with E-state index in [4.69, 9.17) is 9.84 Å². The van der Waals surface area contributed by atoms with E-state index in [0.717, 1.165) is 0 Å². The van der Waals surface area contributed by atoms with E-state index in [0.29, 0.717) is 23.1 Å². The van der Waals surface area contributed by atoms with Gasteiger partial charge in [-0.05, 0) is 6.92 Å². The highest BCUT2D eigenvalue weighted by Gasteiger charge is 2.20. The summed E-state index contributed by atoms with van der Waals surface area (Å²) in [5.41, 5.74) is 1.23. The van der Waals surface area contributed by atoms with E-state index in [-0.39, 0.29) is 24.5 Å². The molecule has 2 N–H and O–H groups in total. The molecular weight excluding hydrogens is 250 g/mol. The molecule has 0 aliphatic carbocycles. The van der Waals surface area contributed by atoms with Crippen LogP contribution in [0.5, 0.6) is 5.75 Å². The van der Waals surface area contributed by atoms with E-state index in [2.05, 4.69) is 10.1 Å². The maximum absolute atomic E-state index is 11.2. The fourth-order valence-corrected chi connectivity index (χ4v) is 1.92. The van der Waals surface area contributed by atoms with Crippen LogP contribution in [0.15, 0.2) is 6.20 Å². The van der Waals surface area contributed by atoms with E-state index >= 15 is 0 Å². The second-order valence-electron chi connectivity index (χ2n) is 4.14. The number of aromatic carboxylic acids is 1. The van der Waals surface area contributed by atoms with Crippen molar-refractivity contribution in [3.8, 4) is 5.75 Å². The van der Waals surface area contributed by atoms with Crippen LogP contribution >= 0.6 is 0 Å². The average molecular weight is 265 g/mol. The van der Waals surface area contributed by atoms with Gasteiger partial charge in [-0.1, -0.05) is 0 Å². The molecule has 0 saturated carbocycles. The van der Waals surface area contributed by atoms with Gasteiger partial charge in [0.15, 0.2) is 5.65 Å². The highest BCUT2D eigenvalue weighted by atomic mass is 16.5. The number of rotatable bonds is 5. The van der Waals surface area contributed by atoms with E-state index in [1.165, 1.54) is 6.20 Å².